The van der Waals surface area contributed by atoms with Crippen molar-refractivity contribution in [1.82, 2.24) is 5.32 Å². The second kappa shape index (κ2) is 6.78. The summed E-state index contributed by atoms with van der Waals surface area (Å²) in [5.41, 5.74) is 1.93. The number of para-hydroxylation sites is 1. The van der Waals surface area contributed by atoms with Gasteiger partial charge < -0.3 is 14.8 Å². The molecule has 104 valence electrons. The van der Waals surface area contributed by atoms with Gasteiger partial charge in [-0.3, -0.25) is 4.79 Å². The summed E-state index contributed by atoms with van der Waals surface area (Å²) in [5.74, 6) is -0.149. The summed E-state index contributed by atoms with van der Waals surface area (Å²) in [6.45, 7) is 5.25. The Morgan fingerprint density at radius 3 is 2.37 bits per heavy atom. The molecule has 0 saturated carbocycles. The molecule has 0 radical (unpaired) electrons. The fourth-order valence-electron chi connectivity index (χ4n) is 1.68. The smallest absolute Gasteiger partial charge is 0.328 e. The molecule has 1 N–H and O–H groups in total. The predicted molar refractivity (Wildman–Crippen MR) is 71.0 cm³/mol. The Kier molecular flexibility index (Phi) is 5.36. The first-order chi connectivity index (χ1) is 8.95. The highest BCUT2D eigenvalue weighted by Crippen LogP contribution is 2.21. The van der Waals surface area contributed by atoms with Crippen molar-refractivity contribution in [2.75, 3.05) is 13.7 Å². The lowest BCUT2D eigenvalue weighted by molar-refractivity contribution is -0.144. The van der Waals surface area contributed by atoms with Crippen molar-refractivity contribution in [3.8, 4) is 5.75 Å². The molecule has 1 aromatic rings. The quantitative estimate of drug-likeness (QED) is 0.816. The highest BCUT2D eigenvalue weighted by molar-refractivity contribution is 5.84. The van der Waals surface area contributed by atoms with E-state index < -0.39 is 12.0 Å². The Labute approximate surface area is 112 Å². The molecule has 0 heterocycles. The Balaban J connectivity index is 2.53. The van der Waals surface area contributed by atoms with Gasteiger partial charge in [0, 0.05) is 0 Å². The van der Waals surface area contributed by atoms with Crippen LogP contribution in [0.25, 0.3) is 0 Å². The van der Waals surface area contributed by atoms with Crippen LogP contribution in [-0.2, 0) is 14.3 Å². The average Bonchev–Trinajstić information content (AvgIpc) is 2.37. The summed E-state index contributed by atoms with van der Waals surface area (Å²) in [5, 5.41) is 2.50. The second-order valence-electron chi connectivity index (χ2n) is 4.32. The van der Waals surface area contributed by atoms with Gasteiger partial charge in [-0.2, -0.15) is 0 Å². The van der Waals surface area contributed by atoms with E-state index in [0.29, 0.717) is 5.75 Å². The van der Waals surface area contributed by atoms with Gasteiger partial charge in [0.05, 0.1) is 7.11 Å². The molecule has 1 aromatic carbocycles. The maximum Gasteiger partial charge on any atom is 0.328 e. The molecule has 1 rings (SSSR count). The van der Waals surface area contributed by atoms with E-state index in [0.717, 1.165) is 11.1 Å². The van der Waals surface area contributed by atoms with Gasteiger partial charge in [0.1, 0.15) is 11.8 Å². The first kappa shape index (κ1) is 15.0. The highest BCUT2D eigenvalue weighted by atomic mass is 16.5. The van der Waals surface area contributed by atoms with Gasteiger partial charge >= 0.3 is 5.97 Å². The van der Waals surface area contributed by atoms with Crippen LogP contribution in [0.1, 0.15) is 18.1 Å². The molecule has 0 unspecified atom stereocenters. The van der Waals surface area contributed by atoms with Gasteiger partial charge in [0.2, 0.25) is 0 Å². The summed E-state index contributed by atoms with van der Waals surface area (Å²) in [4.78, 5) is 22.8. The molecule has 0 aromatic heterocycles. The number of carbonyl (C=O) groups excluding carboxylic acids is 2. The molecular weight excluding hydrogens is 246 g/mol. The average molecular weight is 265 g/mol. The maximum absolute atomic E-state index is 11.6. The van der Waals surface area contributed by atoms with Crippen LogP contribution >= 0.6 is 0 Å². The Hall–Kier alpha value is -2.04. The molecule has 0 aliphatic heterocycles. The van der Waals surface area contributed by atoms with E-state index >= 15 is 0 Å². The van der Waals surface area contributed by atoms with Crippen LogP contribution in [-0.4, -0.2) is 31.6 Å². The molecule has 5 heteroatoms. The topological polar surface area (TPSA) is 64.6 Å². The van der Waals surface area contributed by atoms with E-state index in [1.54, 1.807) is 6.92 Å². The van der Waals surface area contributed by atoms with E-state index in [1.807, 2.05) is 32.0 Å². The summed E-state index contributed by atoms with van der Waals surface area (Å²) < 4.78 is 10.00. The number of amides is 1. The van der Waals surface area contributed by atoms with Crippen molar-refractivity contribution in [2.24, 2.45) is 0 Å². The zero-order valence-corrected chi connectivity index (χ0v) is 11.6. The predicted octanol–water partition coefficient (Wildman–Crippen LogP) is 1.36. The van der Waals surface area contributed by atoms with E-state index in [-0.39, 0.29) is 12.5 Å². The number of carbonyl (C=O) groups is 2. The zero-order chi connectivity index (χ0) is 14.4. The standard InChI is InChI=1S/C14H19NO4/c1-9-6-5-7-10(2)13(9)19-8-12(16)15-11(3)14(17)18-4/h5-7,11H,8H2,1-4H3,(H,15,16)/t11-/m1/s1. The fourth-order valence-corrected chi connectivity index (χ4v) is 1.68. The minimum absolute atomic E-state index is 0.132. The number of benzene rings is 1. The van der Waals surface area contributed by atoms with Crippen molar-refractivity contribution >= 4 is 11.9 Å². The normalized spacial score (nSPS) is 11.6. The van der Waals surface area contributed by atoms with Gasteiger partial charge in [-0.1, -0.05) is 18.2 Å². The van der Waals surface area contributed by atoms with Crippen molar-refractivity contribution in [2.45, 2.75) is 26.8 Å². The molecule has 19 heavy (non-hydrogen) atoms. The largest absolute Gasteiger partial charge is 0.483 e. The lowest BCUT2D eigenvalue weighted by Gasteiger charge is -2.14. The van der Waals surface area contributed by atoms with E-state index in [2.05, 4.69) is 10.1 Å². The van der Waals surface area contributed by atoms with Crippen LogP contribution in [0.4, 0.5) is 0 Å². The van der Waals surface area contributed by atoms with Gasteiger partial charge in [0.25, 0.3) is 5.91 Å². The monoisotopic (exact) mass is 265 g/mol. The summed E-state index contributed by atoms with van der Waals surface area (Å²) in [7, 11) is 1.28. The zero-order valence-electron chi connectivity index (χ0n) is 11.6. The van der Waals surface area contributed by atoms with E-state index in [4.69, 9.17) is 4.74 Å². The summed E-state index contributed by atoms with van der Waals surface area (Å²) >= 11 is 0. The van der Waals surface area contributed by atoms with E-state index in [1.165, 1.54) is 7.11 Å². The van der Waals surface area contributed by atoms with E-state index in [9.17, 15) is 9.59 Å². The highest BCUT2D eigenvalue weighted by Gasteiger charge is 2.16. The Morgan fingerprint density at radius 1 is 1.26 bits per heavy atom. The third-order valence-electron chi connectivity index (χ3n) is 2.69. The lowest BCUT2D eigenvalue weighted by atomic mass is 10.1. The number of hydrogen-bond acceptors (Lipinski definition) is 4. The Bertz CT molecular complexity index is 450. The van der Waals surface area contributed by atoms with Crippen molar-refractivity contribution in [3.63, 3.8) is 0 Å². The van der Waals surface area contributed by atoms with Crippen LogP contribution in [0.5, 0.6) is 5.75 Å². The van der Waals surface area contributed by atoms with Crippen LogP contribution in [0.3, 0.4) is 0 Å². The van der Waals surface area contributed by atoms with Gasteiger partial charge in [-0.25, -0.2) is 4.79 Å². The minimum Gasteiger partial charge on any atom is -0.483 e. The fraction of sp³-hybridized carbons (Fsp3) is 0.429. The second-order valence-corrected chi connectivity index (χ2v) is 4.32. The van der Waals surface area contributed by atoms with Crippen molar-refractivity contribution < 1.29 is 19.1 Å². The molecule has 0 aliphatic carbocycles. The van der Waals surface area contributed by atoms with Crippen LogP contribution in [0.15, 0.2) is 18.2 Å². The first-order valence-electron chi connectivity index (χ1n) is 6.02. The maximum atomic E-state index is 11.6. The molecular formula is C14H19NO4. The van der Waals surface area contributed by atoms with Crippen LogP contribution < -0.4 is 10.1 Å². The minimum atomic E-state index is -0.681. The molecule has 0 spiro atoms. The Morgan fingerprint density at radius 2 is 1.84 bits per heavy atom. The number of methoxy groups -OCH3 is 1. The van der Waals surface area contributed by atoms with Crippen LogP contribution in [0, 0.1) is 13.8 Å². The molecule has 5 nitrogen and oxygen atoms in total. The number of ether oxygens (including phenoxy) is 2. The van der Waals surface area contributed by atoms with Crippen molar-refractivity contribution in [1.29, 1.82) is 0 Å². The first-order valence-corrected chi connectivity index (χ1v) is 6.02. The van der Waals surface area contributed by atoms with Gasteiger partial charge in [-0.15, -0.1) is 0 Å². The molecule has 0 fully saturated rings. The number of rotatable bonds is 5. The van der Waals surface area contributed by atoms with Crippen molar-refractivity contribution in [3.05, 3.63) is 29.3 Å². The molecule has 0 bridgehead atoms. The third-order valence-corrected chi connectivity index (χ3v) is 2.69. The number of aryl methyl sites for hydroxylation is 2. The SMILES string of the molecule is COC(=O)[C@@H](C)NC(=O)COc1c(C)cccc1C. The summed E-state index contributed by atoms with van der Waals surface area (Å²) in [6, 6.07) is 5.07. The van der Waals surface area contributed by atoms with Gasteiger partial charge in [0.15, 0.2) is 6.61 Å². The molecule has 0 saturated heterocycles. The molecule has 1 atom stereocenters. The number of nitrogens with one attached hydrogen (secondary N) is 1. The number of esters is 1. The lowest BCUT2D eigenvalue weighted by Crippen LogP contribution is -2.41. The number of hydrogen-bond donors (Lipinski definition) is 1. The summed E-state index contributed by atoms with van der Waals surface area (Å²) in [6.07, 6.45) is 0. The third kappa shape index (κ3) is 4.28. The molecule has 0 aliphatic rings. The van der Waals surface area contributed by atoms with Crippen LogP contribution in [0.2, 0.25) is 0 Å². The van der Waals surface area contributed by atoms with Gasteiger partial charge in [-0.05, 0) is 31.9 Å². The molecule has 1 amide bonds.